The van der Waals surface area contributed by atoms with Gasteiger partial charge in [-0.25, -0.2) is 8.42 Å². The van der Waals surface area contributed by atoms with Crippen LogP contribution in [0.15, 0.2) is 10.6 Å². The van der Waals surface area contributed by atoms with Gasteiger partial charge in [0.1, 0.15) is 15.6 Å². The molecule has 0 unspecified atom stereocenters. The fourth-order valence-corrected chi connectivity index (χ4v) is 4.26. The van der Waals surface area contributed by atoms with Crippen molar-refractivity contribution in [2.45, 2.75) is 25.8 Å². The molecule has 2 heterocycles. The third-order valence-corrected chi connectivity index (χ3v) is 5.93. The molecule has 1 aliphatic rings. The Hall–Kier alpha value is -1.55. The van der Waals surface area contributed by atoms with Crippen LogP contribution in [-0.2, 0) is 19.4 Å². The summed E-state index contributed by atoms with van der Waals surface area (Å²) in [5, 5.41) is 9.01. The number of amides is 2. The zero-order valence-corrected chi connectivity index (χ0v) is 14.3. The quantitative estimate of drug-likeness (QED) is 0.750. The van der Waals surface area contributed by atoms with Gasteiger partial charge in [0.2, 0.25) is 11.8 Å². The number of anilines is 1. The summed E-state index contributed by atoms with van der Waals surface area (Å²) in [4.78, 5) is 23.4. The van der Waals surface area contributed by atoms with Gasteiger partial charge in [0.05, 0.1) is 23.0 Å². The van der Waals surface area contributed by atoms with E-state index in [1.807, 2.05) is 0 Å². The number of carbonyl (C=O) groups is 2. The van der Waals surface area contributed by atoms with E-state index in [4.69, 9.17) is 4.52 Å². The predicted octanol–water partition coefficient (Wildman–Crippen LogP) is 0.348. The van der Waals surface area contributed by atoms with E-state index in [0.717, 1.165) is 0 Å². The highest BCUT2D eigenvalue weighted by atomic mass is 32.2. The Kier molecular flexibility index (Phi) is 6.05. The van der Waals surface area contributed by atoms with Crippen molar-refractivity contribution in [3.63, 3.8) is 0 Å². The van der Waals surface area contributed by atoms with Gasteiger partial charge in [-0.2, -0.15) is 0 Å². The number of hydrogen-bond donors (Lipinski definition) is 2. The molecule has 10 heteroatoms. The van der Waals surface area contributed by atoms with Crippen molar-refractivity contribution in [2.24, 2.45) is 0 Å². The maximum absolute atomic E-state index is 11.8. The highest BCUT2D eigenvalue weighted by Gasteiger charge is 2.24. The smallest absolute Gasteiger partial charge is 0.235 e. The van der Waals surface area contributed by atoms with Crippen LogP contribution in [0.25, 0.3) is 0 Å². The van der Waals surface area contributed by atoms with Crippen molar-refractivity contribution in [1.29, 1.82) is 0 Å². The van der Waals surface area contributed by atoms with Crippen LogP contribution in [0, 0.1) is 6.92 Å². The maximum Gasteiger partial charge on any atom is 0.235 e. The summed E-state index contributed by atoms with van der Waals surface area (Å²) < 4.78 is 27.4. The molecular weight excluding hydrogens is 342 g/mol. The second kappa shape index (κ2) is 7.82. The third kappa shape index (κ3) is 6.22. The lowest BCUT2D eigenvalue weighted by atomic mass is 10.1. The van der Waals surface area contributed by atoms with Gasteiger partial charge in [-0.3, -0.25) is 9.59 Å². The first-order valence-electron chi connectivity index (χ1n) is 7.15. The molecule has 0 saturated carbocycles. The largest absolute Gasteiger partial charge is 0.360 e. The Labute approximate surface area is 138 Å². The number of aryl methyl sites for hydroxylation is 1. The van der Waals surface area contributed by atoms with Crippen LogP contribution in [0.5, 0.6) is 0 Å². The number of hydrogen-bond acceptors (Lipinski definition) is 7. The van der Waals surface area contributed by atoms with E-state index in [1.54, 1.807) is 13.0 Å². The predicted molar refractivity (Wildman–Crippen MR) is 87.0 cm³/mol. The minimum absolute atomic E-state index is 0.0986. The Morgan fingerprint density at radius 2 is 1.96 bits per heavy atom. The van der Waals surface area contributed by atoms with Gasteiger partial charge in [0, 0.05) is 12.1 Å². The highest BCUT2D eigenvalue weighted by Crippen LogP contribution is 2.13. The topological polar surface area (TPSA) is 118 Å². The van der Waals surface area contributed by atoms with Crippen LogP contribution in [0.4, 0.5) is 5.82 Å². The zero-order valence-electron chi connectivity index (χ0n) is 12.7. The molecule has 1 aromatic heterocycles. The molecule has 1 aliphatic heterocycles. The van der Waals surface area contributed by atoms with Crippen LogP contribution in [0.1, 0.15) is 18.6 Å². The molecule has 1 saturated heterocycles. The van der Waals surface area contributed by atoms with E-state index >= 15 is 0 Å². The molecule has 23 heavy (non-hydrogen) atoms. The lowest BCUT2D eigenvalue weighted by Gasteiger charge is -2.22. The normalized spacial score (nSPS) is 17.6. The van der Waals surface area contributed by atoms with Crippen LogP contribution in [-0.4, -0.2) is 54.4 Å². The molecule has 1 fully saturated rings. The van der Waals surface area contributed by atoms with E-state index in [0.29, 0.717) is 24.4 Å². The number of nitrogens with one attached hydrogen (secondary N) is 2. The summed E-state index contributed by atoms with van der Waals surface area (Å²) in [7, 11) is -2.93. The van der Waals surface area contributed by atoms with Crippen LogP contribution in [0.3, 0.4) is 0 Å². The summed E-state index contributed by atoms with van der Waals surface area (Å²) >= 11 is 1.18. The number of aromatic nitrogens is 1. The summed E-state index contributed by atoms with van der Waals surface area (Å²) in [5.74, 6) is 0.995. The van der Waals surface area contributed by atoms with Crippen molar-refractivity contribution in [3.05, 3.63) is 11.8 Å². The average Bonchev–Trinajstić information content (AvgIpc) is 2.86. The molecule has 1 aromatic rings. The van der Waals surface area contributed by atoms with Gasteiger partial charge in [-0.15, -0.1) is 11.8 Å². The summed E-state index contributed by atoms with van der Waals surface area (Å²) in [6.45, 7) is 1.72. The monoisotopic (exact) mass is 361 g/mol. The minimum atomic E-state index is -2.93. The van der Waals surface area contributed by atoms with E-state index in [-0.39, 0.29) is 40.9 Å². The van der Waals surface area contributed by atoms with E-state index in [1.165, 1.54) is 11.8 Å². The summed E-state index contributed by atoms with van der Waals surface area (Å²) in [6, 6.07) is 1.51. The number of thioether (sulfide) groups is 1. The fraction of sp³-hybridized carbons (Fsp3) is 0.615. The lowest BCUT2D eigenvalue weighted by Crippen LogP contribution is -2.41. The number of rotatable bonds is 6. The van der Waals surface area contributed by atoms with Crippen LogP contribution >= 0.6 is 11.8 Å². The first kappa shape index (κ1) is 17.8. The summed E-state index contributed by atoms with van der Waals surface area (Å²) in [5.41, 5.74) is 0. The van der Waals surface area contributed by atoms with Gasteiger partial charge >= 0.3 is 0 Å². The Bertz CT molecular complexity index is 657. The standard InChI is InChI=1S/C13H19N3O5S2/c1-9-6-11(16-21-9)15-13(18)8-22-7-12(17)14-10-2-4-23(19,20)5-3-10/h6,10H,2-5,7-8H2,1H3,(H,14,17)(H,15,16,18). The molecule has 2 N–H and O–H groups in total. The third-order valence-electron chi connectivity index (χ3n) is 3.28. The average molecular weight is 361 g/mol. The van der Waals surface area contributed by atoms with E-state index in [9.17, 15) is 18.0 Å². The van der Waals surface area contributed by atoms with E-state index < -0.39 is 9.84 Å². The van der Waals surface area contributed by atoms with Crippen molar-refractivity contribution < 1.29 is 22.5 Å². The van der Waals surface area contributed by atoms with Crippen molar-refractivity contribution in [2.75, 3.05) is 28.3 Å². The molecule has 128 valence electrons. The second-order valence-corrected chi connectivity index (χ2v) is 8.65. The molecule has 0 radical (unpaired) electrons. The first-order chi connectivity index (χ1) is 10.8. The molecule has 2 amide bonds. The fourth-order valence-electron chi connectivity index (χ4n) is 2.14. The Morgan fingerprint density at radius 1 is 1.30 bits per heavy atom. The van der Waals surface area contributed by atoms with Gasteiger partial charge in [0.25, 0.3) is 0 Å². The Balaban J connectivity index is 1.62. The molecule has 2 rings (SSSR count). The van der Waals surface area contributed by atoms with Gasteiger partial charge in [-0.05, 0) is 19.8 Å². The maximum atomic E-state index is 11.8. The molecule has 0 atom stereocenters. The summed E-state index contributed by atoms with van der Waals surface area (Å²) in [6.07, 6.45) is 0.898. The van der Waals surface area contributed by atoms with E-state index in [2.05, 4.69) is 15.8 Å². The molecule has 8 nitrogen and oxygen atoms in total. The minimum Gasteiger partial charge on any atom is -0.360 e. The highest BCUT2D eigenvalue weighted by molar-refractivity contribution is 8.00. The Morgan fingerprint density at radius 3 is 2.57 bits per heavy atom. The molecule has 0 bridgehead atoms. The molecular formula is C13H19N3O5S2. The lowest BCUT2D eigenvalue weighted by molar-refractivity contribution is -0.119. The molecule has 0 spiro atoms. The van der Waals surface area contributed by atoms with Gasteiger partial charge < -0.3 is 15.2 Å². The number of sulfone groups is 1. The van der Waals surface area contributed by atoms with Gasteiger partial charge in [-0.1, -0.05) is 5.16 Å². The second-order valence-electron chi connectivity index (χ2n) is 5.36. The number of carbonyl (C=O) groups excluding carboxylic acids is 2. The SMILES string of the molecule is Cc1cc(NC(=O)CSCC(=O)NC2CCS(=O)(=O)CC2)no1. The van der Waals surface area contributed by atoms with Gasteiger partial charge in [0.15, 0.2) is 5.82 Å². The number of nitrogens with zero attached hydrogens (tertiary/aromatic N) is 1. The molecule has 0 aliphatic carbocycles. The van der Waals surface area contributed by atoms with Crippen LogP contribution in [0.2, 0.25) is 0 Å². The van der Waals surface area contributed by atoms with Crippen LogP contribution < -0.4 is 10.6 Å². The zero-order chi connectivity index (χ0) is 16.9. The van der Waals surface area contributed by atoms with Crippen molar-refractivity contribution in [3.8, 4) is 0 Å². The van der Waals surface area contributed by atoms with Crippen molar-refractivity contribution >= 4 is 39.2 Å². The molecule has 0 aromatic carbocycles. The van der Waals surface area contributed by atoms with Crippen molar-refractivity contribution in [1.82, 2.24) is 10.5 Å². The first-order valence-corrected chi connectivity index (χ1v) is 10.1.